The third-order valence-corrected chi connectivity index (χ3v) is 6.85. The van der Waals surface area contributed by atoms with Gasteiger partial charge in [-0.25, -0.2) is 0 Å². The van der Waals surface area contributed by atoms with Crippen LogP contribution in [0.15, 0.2) is 71.8 Å². The van der Waals surface area contributed by atoms with Crippen LogP contribution < -0.4 is 5.32 Å². The number of nitrogens with one attached hydrogen (secondary N) is 3. The maximum absolute atomic E-state index is 12.4. The van der Waals surface area contributed by atoms with Crippen molar-refractivity contribution in [2.45, 2.75) is 20.8 Å². The monoisotopic (exact) mass is 492 g/mol. The molecule has 0 aliphatic heterocycles. The molecular weight excluding hydrogens is 468 g/mol. The predicted molar refractivity (Wildman–Crippen MR) is 146 cm³/mol. The van der Waals surface area contributed by atoms with Crippen molar-refractivity contribution in [2.24, 2.45) is 5.41 Å². The quantitative estimate of drug-likeness (QED) is 0.250. The summed E-state index contributed by atoms with van der Waals surface area (Å²) >= 11 is 1.69. The largest absolute Gasteiger partial charge is 0.353 e. The van der Waals surface area contributed by atoms with E-state index >= 15 is 0 Å². The van der Waals surface area contributed by atoms with Crippen LogP contribution >= 0.6 is 11.3 Å². The highest BCUT2D eigenvalue weighted by molar-refractivity contribution is 7.08. The van der Waals surface area contributed by atoms with Crippen molar-refractivity contribution >= 4 is 44.7 Å². The first-order valence-corrected chi connectivity index (χ1v) is 12.6. The fraction of sp³-hybridized carbons (Fsp3) is 0.143. The van der Waals surface area contributed by atoms with Crippen LogP contribution in [0, 0.1) is 5.41 Å². The van der Waals surface area contributed by atoms with Gasteiger partial charge >= 0.3 is 0 Å². The van der Waals surface area contributed by atoms with Crippen molar-refractivity contribution < 1.29 is 4.79 Å². The first kappa shape index (κ1) is 22.2. The molecule has 0 spiro atoms. The number of thiophene rings is 1. The van der Waals surface area contributed by atoms with Crippen molar-refractivity contribution in [1.29, 1.82) is 0 Å². The third kappa shape index (κ3) is 3.95. The SMILES string of the molecule is CC(C)(C)C(=O)Nc1cncc(-c2cc3c(-c4cc5c(-c6ccsc6)cccc5[nH]4)n[nH]c3cn2)c1. The maximum atomic E-state index is 12.4. The molecule has 5 aromatic heterocycles. The topological polar surface area (TPSA) is 99.4 Å². The fourth-order valence-electron chi connectivity index (χ4n) is 4.20. The Morgan fingerprint density at radius 1 is 0.972 bits per heavy atom. The lowest BCUT2D eigenvalue weighted by Crippen LogP contribution is -2.27. The smallest absolute Gasteiger partial charge is 0.229 e. The van der Waals surface area contributed by atoms with E-state index in [4.69, 9.17) is 0 Å². The summed E-state index contributed by atoms with van der Waals surface area (Å²) in [7, 11) is 0. The number of aromatic nitrogens is 5. The molecular formula is C28H24N6OS. The fourth-order valence-corrected chi connectivity index (χ4v) is 4.85. The molecule has 0 aliphatic rings. The number of hydrogen-bond donors (Lipinski definition) is 3. The molecule has 0 atom stereocenters. The van der Waals surface area contributed by atoms with E-state index in [1.807, 2.05) is 32.9 Å². The Bertz CT molecular complexity index is 1720. The van der Waals surface area contributed by atoms with Crippen LogP contribution in [-0.4, -0.2) is 31.1 Å². The lowest BCUT2D eigenvalue weighted by Gasteiger charge is -2.17. The minimum absolute atomic E-state index is 0.0670. The molecule has 178 valence electrons. The second-order valence-electron chi connectivity index (χ2n) is 9.82. The number of fused-ring (bicyclic) bond motifs is 2. The van der Waals surface area contributed by atoms with Crippen molar-refractivity contribution in [2.75, 3.05) is 5.32 Å². The number of carbonyl (C=O) groups excluding carboxylic acids is 1. The van der Waals surface area contributed by atoms with E-state index in [-0.39, 0.29) is 5.91 Å². The summed E-state index contributed by atoms with van der Waals surface area (Å²) in [5, 5.41) is 17.0. The molecule has 0 radical (unpaired) electrons. The van der Waals surface area contributed by atoms with E-state index in [0.717, 1.165) is 44.5 Å². The van der Waals surface area contributed by atoms with Crippen molar-refractivity contribution in [1.82, 2.24) is 25.1 Å². The minimum atomic E-state index is -0.498. The molecule has 36 heavy (non-hydrogen) atoms. The molecule has 3 N–H and O–H groups in total. The van der Waals surface area contributed by atoms with Gasteiger partial charge in [-0.3, -0.25) is 19.9 Å². The first-order valence-electron chi connectivity index (χ1n) is 11.6. The van der Waals surface area contributed by atoms with Gasteiger partial charge in [0.2, 0.25) is 5.91 Å². The molecule has 0 aliphatic carbocycles. The van der Waals surface area contributed by atoms with E-state index in [1.54, 1.807) is 29.9 Å². The van der Waals surface area contributed by atoms with E-state index in [2.05, 4.69) is 71.6 Å². The minimum Gasteiger partial charge on any atom is -0.353 e. The zero-order chi connectivity index (χ0) is 24.9. The van der Waals surface area contributed by atoms with Crippen molar-refractivity contribution in [3.8, 4) is 33.8 Å². The van der Waals surface area contributed by atoms with E-state index < -0.39 is 5.41 Å². The summed E-state index contributed by atoms with van der Waals surface area (Å²) in [6, 6.07) is 14.5. The molecule has 7 nitrogen and oxygen atoms in total. The summed E-state index contributed by atoms with van der Waals surface area (Å²) in [5.41, 5.74) is 7.76. The molecule has 0 saturated carbocycles. The highest BCUT2D eigenvalue weighted by atomic mass is 32.1. The second kappa shape index (κ2) is 8.42. The number of benzene rings is 1. The van der Waals surface area contributed by atoms with Gasteiger partial charge in [0.1, 0.15) is 5.69 Å². The number of pyridine rings is 2. The Morgan fingerprint density at radius 3 is 2.67 bits per heavy atom. The highest BCUT2D eigenvalue weighted by Gasteiger charge is 2.21. The molecule has 1 amide bonds. The van der Waals surface area contributed by atoms with Gasteiger partial charge in [0.25, 0.3) is 0 Å². The Morgan fingerprint density at radius 2 is 1.86 bits per heavy atom. The Labute approximate surface area is 211 Å². The van der Waals surface area contributed by atoms with Crippen LogP contribution in [0.2, 0.25) is 0 Å². The number of nitrogens with zero attached hydrogens (tertiary/aromatic N) is 3. The van der Waals surface area contributed by atoms with Crippen LogP contribution in [0.4, 0.5) is 5.69 Å². The normalized spacial score (nSPS) is 11.9. The average Bonchev–Trinajstić information content (AvgIpc) is 3.62. The number of amides is 1. The zero-order valence-corrected chi connectivity index (χ0v) is 20.9. The van der Waals surface area contributed by atoms with Crippen molar-refractivity contribution in [3.63, 3.8) is 0 Å². The molecule has 6 aromatic rings. The predicted octanol–water partition coefficient (Wildman–Crippen LogP) is 6.88. The molecule has 0 saturated heterocycles. The zero-order valence-electron chi connectivity index (χ0n) is 20.1. The molecule has 5 heterocycles. The number of rotatable bonds is 4. The number of hydrogen-bond acceptors (Lipinski definition) is 5. The van der Waals surface area contributed by atoms with Gasteiger partial charge in [-0.15, -0.1) is 0 Å². The molecule has 0 bridgehead atoms. The molecule has 1 aromatic carbocycles. The number of aromatic amines is 2. The molecule has 0 fully saturated rings. The Balaban J connectivity index is 1.40. The maximum Gasteiger partial charge on any atom is 0.229 e. The third-order valence-electron chi connectivity index (χ3n) is 6.17. The van der Waals surface area contributed by atoms with Crippen LogP contribution in [0.25, 0.3) is 55.6 Å². The van der Waals surface area contributed by atoms with Crippen LogP contribution in [0.5, 0.6) is 0 Å². The lowest BCUT2D eigenvalue weighted by molar-refractivity contribution is -0.123. The van der Waals surface area contributed by atoms with Gasteiger partial charge in [-0.2, -0.15) is 16.4 Å². The Hall–Kier alpha value is -4.30. The van der Waals surface area contributed by atoms with E-state index in [9.17, 15) is 4.79 Å². The van der Waals surface area contributed by atoms with Crippen LogP contribution in [0.1, 0.15) is 20.8 Å². The van der Waals surface area contributed by atoms with Gasteiger partial charge in [-0.1, -0.05) is 32.9 Å². The van der Waals surface area contributed by atoms with Gasteiger partial charge < -0.3 is 10.3 Å². The highest BCUT2D eigenvalue weighted by Crippen LogP contribution is 2.35. The number of carbonyl (C=O) groups is 1. The van der Waals surface area contributed by atoms with Gasteiger partial charge in [0.15, 0.2) is 0 Å². The molecule has 6 rings (SSSR count). The van der Waals surface area contributed by atoms with Crippen LogP contribution in [0.3, 0.4) is 0 Å². The van der Waals surface area contributed by atoms with Crippen LogP contribution in [-0.2, 0) is 4.79 Å². The summed E-state index contributed by atoms with van der Waals surface area (Å²) in [6.45, 7) is 5.63. The summed E-state index contributed by atoms with van der Waals surface area (Å²) < 4.78 is 0. The van der Waals surface area contributed by atoms with Gasteiger partial charge in [0.05, 0.1) is 35.0 Å². The summed E-state index contributed by atoms with van der Waals surface area (Å²) in [4.78, 5) is 24.9. The Kier molecular flexibility index (Phi) is 5.19. The molecule has 0 unspecified atom stereocenters. The van der Waals surface area contributed by atoms with E-state index in [1.165, 1.54) is 11.1 Å². The average molecular weight is 493 g/mol. The summed E-state index contributed by atoms with van der Waals surface area (Å²) in [5.74, 6) is -0.0670. The van der Waals surface area contributed by atoms with Gasteiger partial charge in [0, 0.05) is 33.5 Å². The number of H-pyrrole nitrogens is 2. The first-order chi connectivity index (χ1) is 17.4. The summed E-state index contributed by atoms with van der Waals surface area (Å²) in [6.07, 6.45) is 5.17. The van der Waals surface area contributed by atoms with Crippen molar-refractivity contribution in [3.05, 3.63) is 71.8 Å². The second-order valence-corrected chi connectivity index (χ2v) is 10.6. The number of anilines is 1. The van der Waals surface area contributed by atoms with E-state index in [0.29, 0.717) is 5.69 Å². The molecule has 8 heteroatoms. The van der Waals surface area contributed by atoms with Gasteiger partial charge in [-0.05, 0) is 52.2 Å². The lowest BCUT2D eigenvalue weighted by atomic mass is 9.95. The standard InChI is InChI=1S/C28H24N6OS/c1-28(2,3)27(35)31-18-9-17(12-29-13-18)23-11-21-25(14-30-23)33-34-26(21)24-10-20-19(16-7-8-36-15-16)5-4-6-22(20)32-24/h4-15,32H,1-3H3,(H,31,35)(H,33,34).